The van der Waals surface area contributed by atoms with Crippen molar-refractivity contribution >= 4 is 11.9 Å². The molecule has 0 aliphatic heterocycles. The Hall–Kier alpha value is -2.15. The highest BCUT2D eigenvalue weighted by atomic mass is 16.1. The molecule has 0 unspecified atom stereocenters. The Bertz CT molecular complexity index is 564. The Morgan fingerprint density at radius 2 is 1.60 bits per heavy atom. The van der Waals surface area contributed by atoms with Crippen LogP contribution < -0.4 is 0 Å². The molecule has 1 nitrogen and oxygen atoms in total. The van der Waals surface area contributed by atoms with E-state index in [1.54, 1.807) is 6.08 Å². The Labute approximate surface area is 121 Å². The van der Waals surface area contributed by atoms with E-state index in [4.69, 9.17) is 0 Å². The van der Waals surface area contributed by atoms with Crippen molar-refractivity contribution < 1.29 is 4.79 Å². The van der Waals surface area contributed by atoms with Crippen LogP contribution >= 0.6 is 0 Å². The van der Waals surface area contributed by atoms with Gasteiger partial charge >= 0.3 is 0 Å². The highest BCUT2D eigenvalue weighted by Crippen LogP contribution is 2.20. The lowest BCUT2D eigenvalue weighted by Gasteiger charge is -2.07. The van der Waals surface area contributed by atoms with Crippen LogP contribution in [0.25, 0.3) is 5.57 Å². The maximum absolute atomic E-state index is 10.8. The van der Waals surface area contributed by atoms with Gasteiger partial charge in [-0.1, -0.05) is 61.5 Å². The minimum absolute atomic E-state index is 0.877. The summed E-state index contributed by atoms with van der Waals surface area (Å²) in [7, 11) is 0. The van der Waals surface area contributed by atoms with Gasteiger partial charge < -0.3 is 0 Å². The molecule has 20 heavy (non-hydrogen) atoms. The second-order valence-electron chi connectivity index (χ2n) is 4.86. The van der Waals surface area contributed by atoms with E-state index < -0.39 is 0 Å². The van der Waals surface area contributed by atoms with E-state index in [1.807, 2.05) is 18.2 Å². The summed E-state index contributed by atoms with van der Waals surface area (Å²) in [5.41, 5.74) is 4.90. The summed E-state index contributed by atoms with van der Waals surface area (Å²) in [6, 6.07) is 18.8. The highest BCUT2D eigenvalue weighted by molar-refractivity contribution is 5.81. The molecule has 0 heterocycles. The fraction of sp³-hybridized carbons (Fsp3) is 0.211. The van der Waals surface area contributed by atoms with Crippen molar-refractivity contribution in [1.82, 2.24) is 0 Å². The topological polar surface area (TPSA) is 17.1 Å². The lowest BCUT2D eigenvalue weighted by molar-refractivity contribution is -0.104. The molecule has 0 saturated heterocycles. The molecule has 0 N–H and O–H groups in total. The van der Waals surface area contributed by atoms with E-state index in [-0.39, 0.29) is 0 Å². The average molecular weight is 264 g/mol. The molecule has 0 saturated carbocycles. The maximum Gasteiger partial charge on any atom is 0.143 e. The molecule has 0 atom stereocenters. The number of carbonyl (C=O) groups is 1. The monoisotopic (exact) mass is 264 g/mol. The van der Waals surface area contributed by atoms with E-state index in [0.717, 1.165) is 36.7 Å². The van der Waals surface area contributed by atoms with E-state index in [0.29, 0.717) is 0 Å². The molecule has 0 aliphatic carbocycles. The van der Waals surface area contributed by atoms with Gasteiger partial charge in [0.2, 0.25) is 0 Å². The maximum atomic E-state index is 10.8. The second-order valence-corrected chi connectivity index (χ2v) is 4.86. The Morgan fingerprint density at radius 3 is 2.20 bits per heavy atom. The fourth-order valence-electron chi connectivity index (χ4n) is 2.28. The summed E-state index contributed by atoms with van der Waals surface area (Å²) in [6.07, 6.45) is 5.46. The third-order valence-corrected chi connectivity index (χ3v) is 3.53. The van der Waals surface area contributed by atoms with Crippen molar-refractivity contribution in [1.29, 1.82) is 0 Å². The van der Waals surface area contributed by atoms with Gasteiger partial charge in [-0.05, 0) is 47.6 Å². The Kier molecular flexibility index (Phi) is 5.31. The number of rotatable bonds is 6. The van der Waals surface area contributed by atoms with Gasteiger partial charge in [-0.3, -0.25) is 4.79 Å². The zero-order valence-electron chi connectivity index (χ0n) is 11.9. The van der Waals surface area contributed by atoms with Gasteiger partial charge in [-0.15, -0.1) is 0 Å². The van der Waals surface area contributed by atoms with E-state index >= 15 is 0 Å². The van der Waals surface area contributed by atoms with Crippen LogP contribution in [0.5, 0.6) is 0 Å². The van der Waals surface area contributed by atoms with Crippen LogP contribution in [-0.4, -0.2) is 6.29 Å². The highest BCUT2D eigenvalue weighted by Gasteiger charge is 2.02. The van der Waals surface area contributed by atoms with Gasteiger partial charge in [-0.2, -0.15) is 0 Å². The van der Waals surface area contributed by atoms with Gasteiger partial charge in [0, 0.05) is 0 Å². The van der Waals surface area contributed by atoms with Crippen LogP contribution in [0.1, 0.15) is 30.0 Å². The number of allylic oxidation sites excluding steroid dienone is 2. The fourth-order valence-corrected chi connectivity index (χ4v) is 2.28. The Morgan fingerprint density at radius 1 is 0.950 bits per heavy atom. The van der Waals surface area contributed by atoms with Crippen LogP contribution in [0.3, 0.4) is 0 Å². The molecule has 0 bridgehead atoms. The standard InChI is InChI=1S/C19H20O/c1-2-16-8-10-17(11-9-16)12-13-19(14-15-20)18-6-4-3-5-7-18/h3-11,14-15H,2,12-13H2,1H3/b19-14-. The number of benzene rings is 2. The van der Waals surface area contributed by atoms with Crippen LogP contribution in [0.2, 0.25) is 0 Å². The van der Waals surface area contributed by atoms with Crippen LogP contribution in [0, 0.1) is 0 Å². The summed E-state index contributed by atoms with van der Waals surface area (Å²) >= 11 is 0. The number of hydrogen-bond acceptors (Lipinski definition) is 1. The van der Waals surface area contributed by atoms with E-state index in [9.17, 15) is 4.79 Å². The summed E-state index contributed by atoms with van der Waals surface area (Å²) in [6.45, 7) is 2.16. The lowest BCUT2D eigenvalue weighted by atomic mass is 9.97. The molecule has 0 spiro atoms. The van der Waals surface area contributed by atoms with E-state index in [1.165, 1.54) is 11.1 Å². The number of carbonyl (C=O) groups excluding carboxylic acids is 1. The molecule has 2 rings (SSSR count). The summed E-state index contributed by atoms with van der Waals surface area (Å²) in [5.74, 6) is 0. The first-order valence-corrected chi connectivity index (χ1v) is 7.11. The quantitative estimate of drug-likeness (QED) is 0.556. The smallest absolute Gasteiger partial charge is 0.143 e. The molecule has 0 fully saturated rings. The first-order chi connectivity index (χ1) is 9.83. The van der Waals surface area contributed by atoms with Crippen molar-refractivity contribution in [2.24, 2.45) is 0 Å². The average Bonchev–Trinajstić information content (AvgIpc) is 2.53. The summed E-state index contributed by atoms with van der Waals surface area (Å²) < 4.78 is 0. The van der Waals surface area contributed by atoms with Gasteiger partial charge in [-0.25, -0.2) is 0 Å². The minimum Gasteiger partial charge on any atom is -0.299 e. The number of aryl methyl sites for hydroxylation is 2. The molecular weight excluding hydrogens is 244 g/mol. The molecular formula is C19H20O. The molecule has 2 aromatic rings. The molecule has 0 amide bonds. The largest absolute Gasteiger partial charge is 0.299 e. The summed E-state index contributed by atoms with van der Waals surface area (Å²) in [4.78, 5) is 10.8. The van der Waals surface area contributed by atoms with Gasteiger partial charge in [0.05, 0.1) is 0 Å². The van der Waals surface area contributed by atoms with Crippen LogP contribution in [-0.2, 0) is 17.6 Å². The molecule has 2 aromatic carbocycles. The Balaban J connectivity index is 2.06. The zero-order chi connectivity index (χ0) is 14.2. The predicted octanol–water partition coefficient (Wildman–Crippen LogP) is 4.46. The molecule has 0 aliphatic rings. The van der Waals surface area contributed by atoms with Gasteiger partial charge in [0.1, 0.15) is 6.29 Å². The SMILES string of the molecule is CCc1ccc(CC/C(=C/C=O)c2ccccc2)cc1. The first kappa shape index (κ1) is 14.3. The molecule has 1 heteroatoms. The van der Waals surface area contributed by atoms with Gasteiger partial charge in [0.15, 0.2) is 0 Å². The van der Waals surface area contributed by atoms with Gasteiger partial charge in [0.25, 0.3) is 0 Å². The minimum atomic E-state index is 0.877. The normalized spacial score (nSPS) is 11.3. The van der Waals surface area contributed by atoms with Crippen LogP contribution in [0.4, 0.5) is 0 Å². The molecule has 102 valence electrons. The lowest BCUT2D eigenvalue weighted by Crippen LogP contribution is -1.91. The van der Waals surface area contributed by atoms with Crippen molar-refractivity contribution in [2.75, 3.05) is 0 Å². The zero-order valence-corrected chi connectivity index (χ0v) is 11.9. The van der Waals surface area contributed by atoms with Crippen molar-refractivity contribution in [3.8, 4) is 0 Å². The van der Waals surface area contributed by atoms with Crippen molar-refractivity contribution in [2.45, 2.75) is 26.2 Å². The van der Waals surface area contributed by atoms with Crippen molar-refractivity contribution in [3.63, 3.8) is 0 Å². The second kappa shape index (κ2) is 7.44. The molecule has 0 aromatic heterocycles. The van der Waals surface area contributed by atoms with Crippen LogP contribution in [0.15, 0.2) is 60.7 Å². The number of aldehydes is 1. The summed E-state index contributed by atoms with van der Waals surface area (Å²) in [5, 5.41) is 0. The van der Waals surface area contributed by atoms with Crippen molar-refractivity contribution in [3.05, 3.63) is 77.4 Å². The third kappa shape index (κ3) is 3.92. The predicted molar refractivity (Wildman–Crippen MR) is 84.6 cm³/mol. The first-order valence-electron chi connectivity index (χ1n) is 7.11. The third-order valence-electron chi connectivity index (χ3n) is 3.53. The number of hydrogen-bond donors (Lipinski definition) is 0. The molecule has 0 radical (unpaired) electrons. The van der Waals surface area contributed by atoms with E-state index in [2.05, 4.69) is 43.3 Å².